The fraction of sp³-hybridized carbons (Fsp3) is 0.692. The van der Waals surface area contributed by atoms with Crippen LogP contribution in [0.5, 0.6) is 5.88 Å². The number of ether oxygens (including phenoxy) is 1. The van der Waals surface area contributed by atoms with Gasteiger partial charge in [-0.15, -0.1) is 5.10 Å². The second-order valence-corrected chi connectivity index (χ2v) is 5.60. The van der Waals surface area contributed by atoms with Crippen molar-refractivity contribution in [3.8, 4) is 5.88 Å². The van der Waals surface area contributed by atoms with Crippen LogP contribution >= 0.6 is 0 Å². The van der Waals surface area contributed by atoms with E-state index in [-0.39, 0.29) is 11.5 Å². The van der Waals surface area contributed by atoms with E-state index in [2.05, 4.69) is 36.3 Å². The predicted octanol–water partition coefficient (Wildman–Crippen LogP) is 1.90. The highest BCUT2D eigenvalue weighted by Gasteiger charge is 2.18. The second kappa shape index (κ2) is 5.00. The molecule has 0 spiro atoms. The van der Waals surface area contributed by atoms with Crippen molar-refractivity contribution in [1.82, 2.24) is 15.5 Å². The van der Waals surface area contributed by atoms with E-state index in [9.17, 15) is 0 Å². The highest BCUT2D eigenvalue weighted by molar-refractivity contribution is 5.23. The fourth-order valence-corrected chi connectivity index (χ4v) is 1.90. The summed E-state index contributed by atoms with van der Waals surface area (Å²) >= 11 is 0. The molecule has 4 nitrogen and oxygen atoms in total. The molecule has 1 aliphatic rings. The van der Waals surface area contributed by atoms with E-state index < -0.39 is 0 Å². The molecule has 1 N–H and O–H groups in total. The Kier molecular flexibility index (Phi) is 3.62. The van der Waals surface area contributed by atoms with Crippen LogP contribution < -0.4 is 10.1 Å². The van der Waals surface area contributed by atoms with Gasteiger partial charge in [-0.05, 0) is 36.9 Å². The van der Waals surface area contributed by atoms with E-state index in [0.29, 0.717) is 5.88 Å². The largest absolute Gasteiger partial charge is 0.473 e. The topological polar surface area (TPSA) is 47.0 Å². The molecule has 17 heavy (non-hydrogen) atoms. The minimum atomic E-state index is 0.0855. The lowest BCUT2D eigenvalue weighted by Gasteiger charge is -2.24. The summed E-state index contributed by atoms with van der Waals surface area (Å²) in [5.74, 6) is 0.657. The van der Waals surface area contributed by atoms with Crippen LogP contribution in [0, 0.1) is 0 Å². The van der Waals surface area contributed by atoms with E-state index in [4.69, 9.17) is 4.74 Å². The molecule has 1 fully saturated rings. The molecule has 1 aromatic heterocycles. The van der Waals surface area contributed by atoms with Gasteiger partial charge >= 0.3 is 0 Å². The summed E-state index contributed by atoms with van der Waals surface area (Å²) in [5, 5.41) is 11.4. The van der Waals surface area contributed by atoms with Crippen LogP contribution in [-0.2, 0) is 5.41 Å². The Balaban J connectivity index is 2.05. The second-order valence-electron chi connectivity index (χ2n) is 5.60. The van der Waals surface area contributed by atoms with Crippen molar-refractivity contribution in [3.05, 3.63) is 17.8 Å². The highest BCUT2D eigenvalue weighted by Crippen LogP contribution is 2.24. The van der Waals surface area contributed by atoms with Gasteiger partial charge in [-0.25, -0.2) is 0 Å². The molecule has 0 aromatic carbocycles. The monoisotopic (exact) mass is 235 g/mol. The first-order valence-electron chi connectivity index (χ1n) is 6.26. The third kappa shape index (κ3) is 3.40. The predicted molar refractivity (Wildman–Crippen MR) is 67.3 cm³/mol. The summed E-state index contributed by atoms with van der Waals surface area (Å²) in [4.78, 5) is 0. The molecule has 1 aromatic rings. The molecule has 0 amide bonds. The van der Waals surface area contributed by atoms with Crippen LogP contribution in [0.2, 0.25) is 0 Å². The van der Waals surface area contributed by atoms with Gasteiger partial charge < -0.3 is 10.1 Å². The molecular formula is C13H21N3O. The average Bonchev–Trinajstić information content (AvgIpc) is 2.29. The van der Waals surface area contributed by atoms with Crippen molar-refractivity contribution in [2.75, 3.05) is 13.1 Å². The molecule has 4 heteroatoms. The highest BCUT2D eigenvalue weighted by atomic mass is 16.5. The van der Waals surface area contributed by atoms with E-state index in [1.54, 1.807) is 0 Å². The average molecular weight is 235 g/mol. The normalized spacial score (nSPS) is 18.1. The molecule has 1 aliphatic heterocycles. The summed E-state index contributed by atoms with van der Waals surface area (Å²) in [7, 11) is 0. The van der Waals surface area contributed by atoms with Crippen LogP contribution in [0.4, 0.5) is 0 Å². The molecule has 1 saturated heterocycles. The Bertz CT molecular complexity index is 367. The van der Waals surface area contributed by atoms with Gasteiger partial charge in [0.25, 0.3) is 0 Å². The van der Waals surface area contributed by atoms with Crippen molar-refractivity contribution in [3.63, 3.8) is 0 Å². The molecule has 0 aliphatic carbocycles. The van der Waals surface area contributed by atoms with Crippen LogP contribution in [0.3, 0.4) is 0 Å². The first-order valence-corrected chi connectivity index (χ1v) is 6.26. The van der Waals surface area contributed by atoms with Crippen molar-refractivity contribution < 1.29 is 4.74 Å². The number of hydrogen-bond donors (Lipinski definition) is 1. The molecule has 0 radical (unpaired) electrons. The minimum Gasteiger partial charge on any atom is -0.473 e. The summed E-state index contributed by atoms with van der Waals surface area (Å²) in [6.07, 6.45) is 4.18. The number of piperidine rings is 1. The summed E-state index contributed by atoms with van der Waals surface area (Å²) in [6.45, 7) is 8.54. The van der Waals surface area contributed by atoms with Gasteiger partial charge in [-0.1, -0.05) is 20.8 Å². The summed E-state index contributed by atoms with van der Waals surface area (Å²) in [6, 6.07) is 2.01. The first-order chi connectivity index (χ1) is 8.05. The maximum absolute atomic E-state index is 5.88. The van der Waals surface area contributed by atoms with E-state index in [0.717, 1.165) is 31.5 Å². The standard InChI is InChI=1S/C13H21N3O/c1-13(2,3)10-8-12(16-15-9-10)17-11-4-6-14-7-5-11/h8-9,11,14H,4-7H2,1-3H3. The third-order valence-electron chi connectivity index (χ3n) is 3.07. The lowest BCUT2D eigenvalue weighted by atomic mass is 9.89. The molecule has 0 bridgehead atoms. The van der Waals surface area contributed by atoms with Gasteiger partial charge in [0.1, 0.15) is 6.10 Å². The van der Waals surface area contributed by atoms with Crippen molar-refractivity contribution >= 4 is 0 Å². The third-order valence-corrected chi connectivity index (χ3v) is 3.07. The van der Waals surface area contributed by atoms with E-state index in [1.165, 1.54) is 0 Å². The molecule has 0 saturated carbocycles. The number of nitrogens with one attached hydrogen (secondary N) is 1. The van der Waals surface area contributed by atoms with Gasteiger partial charge in [0.2, 0.25) is 5.88 Å². The van der Waals surface area contributed by atoms with Crippen LogP contribution in [0.1, 0.15) is 39.2 Å². The van der Waals surface area contributed by atoms with Crippen LogP contribution in [0.15, 0.2) is 12.3 Å². The van der Waals surface area contributed by atoms with Crippen molar-refractivity contribution in [2.45, 2.75) is 45.1 Å². The van der Waals surface area contributed by atoms with Crippen LogP contribution in [0.25, 0.3) is 0 Å². The Morgan fingerprint density at radius 1 is 1.29 bits per heavy atom. The SMILES string of the molecule is CC(C)(C)c1cnnc(OC2CCNCC2)c1. The van der Waals surface area contributed by atoms with Gasteiger partial charge in [-0.2, -0.15) is 5.10 Å². The molecular weight excluding hydrogens is 214 g/mol. The lowest BCUT2D eigenvalue weighted by Crippen LogP contribution is -2.34. The van der Waals surface area contributed by atoms with E-state index in [1.807, 2.05) is 12.3 Å². The first kappa shape index (κ1) is 12.3. The lowest BCUT2D eigenvalue weighted by molar-refractivity contribution is 0.154. The number of aromatic nitrogens is 2. The smallest absolute Gasteiger partial charge is 0.233 e. The molecule has 2 heterocycles. The van der Waals surface area contributed by atoms with Crippen LogP contribution in [-0.4, -0.2) is 29.4 Å². The zero-order valence-electron chi connectivity index (χ0n) is 10.9. The van der Waals surface area contributed by atoms with E-state index >= 15 is 0 Å². The number of hydrogen-bond acceptors (Lipinski definition) is 4. The summed E-state index contributed by atoms with van der Waals surface area (Å²) in [5.41, 5.74) is 1.25. The Labute approximate surface area is 103 Å². The fourth-order valence-electron chi connectivity index (χ4n) is 1.90. The Morgan fingerprint density at radius 3 is 2.65 bits per heavy atom. The molecule has 0 atom stereocenters. The zero-order chi connectivity index (χ0) is 12.3. The van der Waals surface area contributed by atoms with Gasteiger partial charge in [0.15, 0.2) is 0 Å². The van der Waals surface area contributed by atoms with Gasteiger partial charge in [-0.3, -0.25) is 0 Å². The quantitative estimate of drug-likeness (QED) is 0.850. The number of nitrogens with zero attached hydrogens (tertiary/aromatic N) is 2. The molecule has 0 unspecified atom stereocenters. The van der Waals surface area contributed by atoms with Gasteiger partial charge in [0, 0.05) is 6.07 Å². The Morgan fingerprint density at radius 2 is 2.00 bits per heavy atom. The molecule has 2 rings (SSSR count). The Hall–Kier alpha value is -1.16. The minimum absolute atomic E-state index is 0.0855. The zero-order valence-corrected chi connectivity index (χ0v) is 10.9. The maximum atomic E-state index is 5.88. The number of rotatable bonds is 2. The van der Waals surface area contributed by atoms with Gasteiger partial charge in [0.05, 0.1) is 6.20 Å². The van der Waals surface area contributed by atoms with Crippen molar-refractivity contribution in [2.24, 2.45) is 0 Å². The van der Waals surface area contributed by atoms with Crippen molar-refractivity contribution in [1.29, 1.82) is 0 Å². The summed E-state index contributed by atoms with van der Waals surface area (Å²) < 4.78 is 5.88. The maximum Gasteiger partial charge on any atom is 0.233 e. The molecule has 94 valence electrons.